The standard InChI is InChI=1S/C13H16N2OS/c1-9-3-4-12(5-10(9)2)16-7-11-8-17-13(6-14)15-11/h3-5,8H,6-7,14H2,1-2H3. The number of aromatic nitrogens is 1. The van der Waals surface area contributed by atoms with Crippen molar-refractivity contribution in [3.05, 3.63) is 45.4 Å². The number of nitrogens with zero attached hydrogens (tertiary/aromatic N) is 1. The molecule has 0 aliphatic heterocycles. The molecular weight excluding hydrogens is 232 g/mol. The van der Waals surface area contributed by atoms with Crippen molar-refractivity contribution in [1.29, 1.82) is 0 Å². The van der Waals surface area contributed by atoms with Crippen molar-refractivity contribution in [2.75, 3.05) is 0 Å². The van der Waals surface area contributed by atoms with E-state index in [0.717, 1.165) is 16.5 Å². The highest BCUT2D eigenvalue weighted by Gasteiger charge is 2.02. The van der Waals surface area contributed by atoms with E-state index in [1.807, 2.05) is 17.5 Å². The molecule has 0 unspecified atom stereocenters. The molecule has 0 radical (unpaired) electrons. The van der Waals surface area contributed by atoms with Crippen LogP contribution >= 0.6 is 11.3 Å². The van der Waals surface area contributed by atoms with Gasteiger partial charge in [-0.15, -0.1) is 11.3 Å². The molecule has 0 amide bonds. The van der Waals surface area contributed by atoms with Gasteiger partial charge in [0, 0.05) is 11.9 Å². The predicted octanol–water partition coefficient (Wildman–Crippen LogP) is 2.80. The zero-order chi connectivity index (χ0) is 12.3. The molecule has 2 rings (SSSR count). The fourth-order valence-corrected chi connectivity index (χ4v) is 2.13. The van der Waals surface area contributed by atoms with E-state index in [-0.39, 0.29) is 0 Å². The van der Waals surface area contributed by atoms with E-state index < -0.39 is 0 Å². The van der Waals surface area contributed by atoms with E-state index in [9.17, 15) is 0 Å². The number of thiazole rings is 1. The molecule has 0 spiro atoms. The van der Waals surface area contributed by atoms with Crippen LogP contribution in [0.25, 0.3) is 0 Å². The molecule has 17 heavy (non-hydrogen) atoms. The SMILES string of the molecule is Cc1ccc(OCc2csc(CN)n2)cc1C. The maximum absolute atomic E-state index is 5.69. The molecule has 0 fully saturated rings. The second kappa shape index (κ2) is 5.29. The van der Waals surface area contributed by atoms with Crippen molar-refractivity contribution in [2.24, 2.45) is 5.73 Å². The summed E-state index contributed by atoms with van der Waals surface area (Å²) in [5, 5.41) is 2.94. The number of aryl methyl sites for hydroxylation is 2. The fourth-order valence-electron chi connectivity index (χ4n) is 1.47. The van der Waals surface area contributed by atoms with E-state index in [2.05, 4.69) is 24.9 Å². The molecule has 0 aliphatic carbocycles. The molecule has 0 aliphatic rings. The van der Waals surface area contributed by atoms with Gasteiger partial charge in [-0.05, 0) is 37.1 Å². The number of ether oxygens (including phenoxy) is 1. The van der Waals surface area contributed by atoms with Crippen LogP contribution in [0.3, 0.4) is 0 Å². The first-order valence-electron chi connectivity index (χ1n) is 5.52. The Kier molecular flexibility index (Phi) is 3.76. The molecule has 0 atom stereocenters. The van der Waals surface area contributed by atoms with Gasteiger partial charge in [-0.1, -0.05) is 6.07 Å². The highest BCUT2D eigenvalue weighted by atomic mass is 32.1. The van der Waals surface area contributed by atoms with Crippen molar-refractivity contribution >= 4 is 11.3 Å². The molecule has 2 aromatic rings. The largest absolute Gasteiger partial charge is 0.487 e. The van der Waals surface area contributed by atoms with Crippen LogP contribution < -0.4 is 10.5 Å². The molecule has 3 nitrogen and oxygen atoms in total. The highest BCUT2D eigenvalue weighted by Crippen LogP contribution is 2.18. The smallest absolute Gasteiger partial charge is 0.131 e. The monoisotopic (exact) mass is 248 g/mol. The molecule has 90 valence electrons. The van der Waals surface area contributed by atoms with E-state index in [0.29, 0.717) is 13.2 Å². The van der Waals surface area contributed by atoms with Gasteiger partial charge in [-0.2, -0.15) is 0 Å². The summed E-state index contributed by atoms with van der Waals surface area (Å²) in [6.07, 6.45) is 0. The van der Waals surface area contributed by atoms with Gasteiger partial charge in [-0.3, -0.25) is 0 Å². The normalized spacial score (nSPS) is 10.5. The van der Waals surface area contributed by atoms with Gasteiger partial charge in [0.1, 0.15) is 17.4 Å². The Morgan fingerprint density at radius 2 is 2.12 bits per heavy atom. The summed E-state index contributed by atoms with van der Waals surface area (Å²) in [7, 11) is 0. The summed E-state index contributed by atoms with van der Waals surface area (Å²) >= 11 is 1.57. The van der Waals surface area contributed by atoms with Crippen LogP contribution in [0.1, 0.15) is 21.8 Å². The summed E-state index contributed by atoms with van der Waals surface area (Å²) in [6.45, 7) is 5.16. The van der Waals surface area contributed by atoms with Gasteiger partial charge in [0.2, 0.25) is 0 Å². The summed E-state index contributed by atoms with van der Waals surface area (Å²) in [6, 6.07) is 6.10. The Morgan fingerprint density at radius 3 is 2.76 bits per heavy atom. The number of hydrogen-bond donors (Lipinski definition) is 1. The van der Waals surface area contributed by atoms with Gasteiger partial charge >= 0.3 is 0 Å². The van der Waals surface area contributed by atoms with Gasteiger partial charge in [0.05, 0.1) is 5.69 Å². The van der Waals surface area contributed by atoms with Crippen LogP contribution in [0.15, 0.2) is 23.6 Å². The second-order valence-corrected chi connectivity index (χ2v) is 4.91. The second-order valence-electron chi connectivity index (χ2n) is 3.97. The van der Waals surface area contributed by atoms with Crippen LogP contribution in [0.4, 0.5) is 0 Å². The van der Waals surface area contributed by atoms with Crippen LogP contribution in [-0.2, 0) is 13.2 Å². The van der Waals surface area contributed by atoms with E-state index in [1.54, 1.807) is 11.3 Å². The Morgan fingerprint density at radius 1 is 1.29 bits per heavy atom. The van der Waals surface area contributed by atoms with Gasteiger partial charge in [-0.25, -0.2) is 4.98 Å². The molecule has 0 saturated carbocycles. The number of nitrogens with two attached hydrogens (primary N) is 1. The molecule has 1 aromatic carbocycles. The van der Waals surface area contributed by atoms with Crippen LogP contribution in [0, 0.1) is 13.8 Å². The zero-order valence-corrected chi connectivity index (χ0v) is 10.9. The minimum Gasteiger partial charge on any atom is -0.487 e. The number of benzene rings is 1. The van der Waals surface area contributed by atoms with E-state index in [4.69, 9.17) is 10.5 Å². The van der Waals surface area contributed by atoms with E-state index in [1.165, 1.54) is 11.1 Å². The van der Waals surface area contributed by atoms with Crippen molar-refractivity contribution in [3.8, 4) is 5.75 Å². The first-order valence-corrected chi connectivity index (χ1v) is 6.40. The van der Waals surface area contributed by atoms with Crippen molar-refractivity contribution < 1.29 is 4.74 Å². The van der Waals surface area contributed by atoms with Crippen LogP contribution in [0.5, 0.6) is 5.75 Å². The topological polar surface area (TPSA) is 48.1 Å². The van der Waals surface area contributed by atoms with Crippen LogP contribution in [-0.4, -0.2) is 4.98 Å². The number of hydrogen-bond acceptors (Lipinski definition) is 4. The zero-order valence-electron chi connectivity index (χ0n) is 10.1. The Balaban J connectivity index is 1.99. The molecule has 4 heteroatoms. The maximum atomic E-state index is 5.69. The van der Waals surface area contributed by atoms with Crippen molar-refractivity contribution in [3.63, 3.8) is 0 Å². The lowest BCUT2D eigenvalue weighted by atomic mass is 10.1. The first kappa shape index (κ1) is 12.1. The van der Waals surface area contributed by atoms with E-state index >= 15 is 0 Å². The average molecular weight is 248 g/mol. The Hall–Kier alpha value is -1.39. The number of rotatable bonds is 4. The highest BCUT2D eigenvalue weighted by molar-refractivity contribution is 7.09. The van der Waals surface area contributed by atoms with Crippen molar-refractivity contribution in [2.45, 2.75) is 27.0 Å². The third-order valence-corrected chi connectivity index (χ3v) is 3.56. The van der Waals surface area contributed by atoms with Crippen LogP contribution in [0.2, 0.25) is 0 Å². The Bertz CT molecular complexity index is 508. The minimum atomic E-state index is 0.494. The molecule has 0 saturated heterocycles. The summed E-state index contributed by atoms with van der Waals surface area (Å²) in [4.78, 5) is 4.35. The lowest BCUT2D eigenvalue weighted by Gasteiger charge is -2.06. The van der Waals surface area contributed by atoms with Crippen molar-refractivity contribution in [1.82, 2.24) is 4.98 Å². The molecule has 0 bridgehead atoms. The molecule has 1 heterocycles. The first-order chi connectivity index (χ1) is 8.19. The lowest BCUT2D eigenvalue weighted by Crippen LogP contribution is -1.99. The fraction of sp³-hybridized carbons (Fsp3) is 0.308. The third kappa shape index (κ3) is 3.05. The third-order valence-electron chi connectivity index (χ3n) is 2.64. The van der Waals surface area contributed by atoms with Gasteiger partial charge in [0.15, 0.2) is 0 Å². The maximum Gasteiger partial charge on any atom is 0.131 e. The minimum absolute atomic E-state index is 0.494. The summed E-state index contributed by atoms with van der Waals surface area (Å²) in [5.74, 6) is 0.885. The predicted molar refractivity (Wildman–Crippen MR) is 70.3 cm³/mol. The quantitative estimate of drug-likeness (QED) is 0.905. The molecule has 1 aromatic heterocycles. The van der Waals surface area contributed by atoms with Gasteiger partial charge < -0.3 is 10.5 Å². The summed E-state index contributed by atoms with van der Waals surface area (Å²) in [5.41, 5.74) is 8.97. The average Bonchev–Trinajstić information content (AvgIpc) is 2.79. The molecule has 2 N–H and O–H groups in total. The Labute approximate surface area is 105 Å². The molecular formula is C13H16N2OS. The summed E-state index contributed by atoms with van der Waals surface area (Å²) < 4.78 is 5.69. The van der Waals surface area contributed by atoms with Gasteiger partial charge in [0.25, 0.3) is 0 Å². The lowest BCUT2D eigenvalue weighted by molar-refractivity contribution is 0.301.